The van der Waals surface area contributed by atoms with E-state index in [2.05, 4.69) is 15.2 Å². The predicted octanol–water partition coefficient (Wildman–Crippen LogP) is 1.72. The van der Waals surface area contributed by atoms with Crippen molar-refractivity contribution < 1.29 is 14.0 Å². The molecule has 2 saturated heterocycles. The van der Waals surface area contributed by atoms with Gasteiger partial charge in [0.15, 0.2) is 0 Å². The maximum absolute atomic E-state index is 14.5. The second kappa shape index (κ2) is 8.35. The molecule has 1 aliphatic carbocycles. The van der Waals surface area contributed by atoms with E-state index in [1.807, 2.05) is 4.90 Å². The van der Waals surface area contributed by atoms with E-state index >= 15 is 0 Å². The summed E-state index contributed by atoms with van der Waals surface area (Å²) < 4.78 is 16.1. The van der Waals surface area contributed by atoms with Gasteiger partial charge in [-0.15, -0.1) is 0 Å². The van der Waals surface area contributed by atoms with Crippen LogP contribution in [0.2, 0.25) is 0 Å². The number of H-pyrrole nitrogens is 1. The molecular formula is C23H30FN5O3. The first-order valence-corrected chi connectivity index (χ1v) is 11.6. The largest absolute Gasteiger partial charge is 0.355 e. The summed E-state index contributed by atoms with van der Waals surface area (Å²) in [5.41, 5.74) is 0.532. The van der Waals surface area contributed by atoms with E-state index in [1.54, 1.807) is 4.57 Å². The third-order valence-electron chi connectivity index (χ3n) is 7.64. The number of aromatic amines is 1. The van der Waals surface area contributed by atoms with Crippen LogP contribution < -0.4 is 11.0 Å². The molecule has 2 aromatic rings. The number of piperidine rings is 1. The second-order valence-electron chi connectivity index (χ2n) is 9.49. The Morgan fingerprint density at radius 1 is 1.12 bits per heavy atom. The lowest BCUT2D eigenvalue weighted by molar-refractivity contribution is -0.132. The number of hydrogen-bond acceptors (Lipinski definition) is 4. The highest BCUT2D eigenvalue weighted by Crippen LogP contribution is 2.37. The van der Waals surface area contributed by atoms with Gasteiger partial charge in [-0.25, -0.2) is 9.18 Å². The Labute approximate surface area is 185 Å². The molecule has 8 nitrogen and oxygen atoms in total. The van der Waals surface area contributed by atoms with Crippen LogP contribution in [-0.4, -0.2) is 70.9 Å². The summed E-state index contributed by atoms with van der Waals surface area (Å²) in [6, 6.07) is 2.58. The number of hydrogen-bond donors (Lipinski definition) is 2. The minimum absolute atomic E-state index is 0.0704. The number of nitrogens with zero attached hydrogens (tertiary/aromatic N) is 3. The normalized spacial score (nSPS) is 24.2. The Morgan fingerprint density at radius 3 is 2.47 bits per heavy atom. The molecule has 0 spiro atoms. The first kappa shape index (κ1) is 21.2. The zero-order chi connectivity index (χ0) is 22.4. The third kappa shape index (κ3) is 3.72. The van der Waals surface area contributed by atoms with Crippen LogP contribution in [0.1, 0.15) is 48.5 Å². The summed E-state index contributed by atoms with van der Waals surface area (Å²) in [6.45, 7) is 3.69. The van der Waals surface area contributed by atoms with Crippen molar-refractivity contribution >= 4 is 22.8 Å². The summed E-state index contributed by atoms with van der Waals surface area (Å²) >= 11 is 0. The molecule has 2 amide bonds. The number of benzene rings is 1. The molecule has 1 saturated carbocycles. The molecule has 0 bridgehead atoms. The van der Waals surface area contributed by atoms with Crippen LogP contribution in [0.4, 0.5) is 4.39 Å². The van der Waals surface area contributed by atoms with E-state index < -0.39 is 11.7 Å². The van der Waals surface area contributed by atoms with Crippen molar-refractivity contribution in [2.75, 3.05) is 39.8 Å². The van der Waals surface area contributed by atoms with Gasteiger partial charge in [0.1, 0.15) is 5.82 Å². The average Bonchev–Trinajstić information content (AvgIpc) is 3.46. The van der Waals surface area contributed by atoms with Crippen LogP contribution in [-0.2, 0) is 4.79 Å². The summed E-state index contributed by atoms with van der Waals surface area (Å²) in [5.74, 6) is 0.428. The smallest absolute Gasteiger partial charge is 0.326 e. The zero-order valence-corrected chi connectivity index (χ0v) is 18.4. The lowest BCUT2D eigenvalue weighted by Crippen LogP contribution is -2.44. The first-order valence-electron chi connectivity index (χ1n) is 11.6. The van der Waals surface area contributed by atoms with Crippen molar-refractivity contribution in [2.45, 2.75) is 38.1 Å². The SMILES string of the molecule is CNC(=O)c1cc2[nH]c(=O)n(C3CCN(CC(=O)N4C[C@H]5CCC[C@H]5C4)CC3)c2cc1F. The average molecular weight is 444 g/mol. The molecule has 2 atom stereocenters. The molecule has 1 aromatic carbocycles. The highest BCUT2D eigenvalue weighted by atomic mass is 19.1. The molecule has 3 heterocycles. The quantitative estimate of drug-likeness (QED) is 0.753. The monoisotopic (exact) mass is 443 g/mol. The number of fused-ring (bicyclic) bond motifs is 2. The molecule has 0 unspecified atom stereocenters. The van der Waals surface area contributed by atoms with Crippen LogP contribution >= 0.6 is 0 Å². The lowest BCUT2D eigenvalue weighted by atomic mass is 10.0. The number of imidazole rings is 1. The standard InChI is InChI=1S/C23H30FN5O3/c1-25-22(31)17-9-19-20(10-18(17)24)29(23(32)26-19)16-5-7-27(8-6-16)13-21(30)28-11-14-3-2-4-15(14)12-28/h9-10,14-16H,2-8,11-13H2,1H3,(H,25,31)(H,26,32)/t14-,15+. The molecule has 1 aromatic heterocycles. The molecule has 2 N–H and O–H groups in total. The first-order chi connectivity index (χ1) is 15.4. The van der Waals surface area contributed by atoms with Gasteiger partial charge >= 0.3 is 5.69 Å². The fourth-order valence-electron chi connectivity index (χ4n) is 5.88. The summed E-state index contributed by atoms with van der Waals surface area (Å²) in [4.78, 5) is 44.2. The van der Waals surface area contributed by atoms with Crippen LogP contribution in [0.15, 0.2) is 16.9 Å². The van der Waals surface area contributed by atoms with Gasteiger partial charge in [0.25, 0.3) is 5.91 Å². The Balaban J connectivity index is 1.25. The van der Waals surface area contributed by atoms with Gasteiger partial charge in [-0.1, -0.05) is 6.42 Å². The van der Waals surface area contributed by atoms with Crippen molar-refractivity contribution in [2.24, 2.45) is 11.8 Å². The number of likely N-dealkylation sites (tertiary alicyclic amines) is 2. The van der Waals surface area contributed by atoms with Crippen molar-refractivity contribution in [3.8, 4) is 0 Å². The topological polar surface area (TPSA) is 90.4 Å². The van der Waals surface area contributed by atoms with Gasteiger partial charge in [-0.05, 0) is 43.6 Å². The molecule has 0 radical (unpaired) electrons. The minimum Gasteiger partial charge on any atom is -0.355 e. The zero-order valence-electron chi connectivity index (χ0n) is 18.4. The van der Waals surface area contributed by atoms with Gasteiger partial charge in [-0.2, -0.15) is 0 Å². The molecule has 3 fully saturated rings. The number of carbonyl (C=O) groups is 2. The number of aromatic nitrogens is 2. The van der Waals surface area contributed by atoms with E-state index in [4.69, 9.17) is 0 Å². The summed E-state index contributed by atoms with van der Waals surface area (Å²) in [7, 11) is 1.44. The molecule has 3 aliphatic rings. The minimum atomic E-state index is -0.650. The van der Waals surface area contributed by atoms with Crippen molar-refractivity contribution in [3.05, 3.63) is 34.0 Å². The summed E-state index contributed by atoms with van der Waals surface area (Å²) in [6.07, 6.45) is 5.23. The van der Waals surface area contributed by atoms with Gasteiger partial charge < -0.3 is 15.2 Å². The molecule has 9 heteroatoms. The number of amides is 2. The Bertz CT molecular complexity index is 1090. The summed E-state index contributed by atoms with van der Waals surface area (Å²) in [5, 5.41) is 2.41. The van der Waals surface area contributed by atoms with Gasteiger partial charge in [0.05, 0.1) is 23.1 Å². The van der Waals surface area contributed by atoms with Crippen LogP contribution in [0.3, 0.4) is 0 Å². The Kier molecular flexibility index (Phi) is 5.53. The van der Waals surface area contributed by atoms with E-state index in [9.17, 15) is 18.8 Å². The van der Waals surface area contributed by atoms with Gasteiger partial charge in [-0.3, -0.25) is 19.1 Å². The maximum atomic E-state index is 14.5. The van der Waals surface area contributed by atoms with Crippen molar-refractivity contribution in [3.63, 3.8) is 0 Å². The highest BCUT2D eigenvalue weighted by Gasteiger charge is 2.38. The van der Waals surface area contributed by atoms with Gasteiger partial charge in [0.2, 0.25) is 5.91 Å². The second-order valence-corrected chi connectivity index (χ2v) is 9.49. The lowest BCUT2D eigenvalue weighted by Gasteiger charge is -2.33. The highest BCUT2D eigenvalue weighted by molar-refractivity contribution is 5.97. The molecule has 172 valence electrons. The third-order valence-corrected chi connectivity index (χ3v) is 7.64. The Hall–Kier alpha value is -2.68. The van der Waals surface area contributed by atoms with Gasteiger partial charge in [0, 0.05) is 45.3 Å². The van der Waals surface area contributed by atoms with E-state index in [-0.39, 0.29) is 23.2 Å². The fraction of sp³-hybridized carbons (Fsp3) is 0.609. The van der Waals surface area contributed by atoms with Crippen molar-refractivity contribution in [1.29, 1.82) is 0 Å². The van der Waals surface area contributed by atoms with E-state index in [1.165, 1.54) is 38.4 Å². The fourth-order valence-corrected chi connectivity index (χ4v) is 5.88. The van der Waals surface area contributed by atoms with E-state index in [0.29, 0.717) is 42.3 Å². The molecular weight excluding hydrogens is 413 g/mol. The van der Waals surface area contributed by atoms with Crippen LogP contribution in [0.5, 0.6) is 0 Å². The maximum Gasteiger partial charge on any atom is 0.326 e. The molecule has 5 rings (SSSR count). The predicted molar refractivity (Wildman–Crippen MR) is 118 cm³/mol. The Morgan fingerprint density at radius 2 is 1.81 bits per heavy atom. The number of nitrogens with one attached hydrogen (secondary N) is 2. The van der Waals surface area contributed by atoms with Crippen LogP contribution in [0.25, 0.3) is 11.0 Å². The number of halogens is 1. The number of rotatable bonds is 4. The number of carbonyl (C=O) groups excluding carboxylic acids is 2. The van der Waals surface area contributed by atoms with E-state index in [0.717, 1.165) is 26.2 Å². The molecule has 2 aliphatic heterocycles. The molecule has 32 heavy (non-hydrogen) atoms. The van der Waals surface area contributed by atoms with Crippen molar-refractivity contribution in [1.82, 2.24) is 24.7 Å². The van der Waals surface area contributed by atoms with Crippen LogP contribution in [0, 0.1) is 17.7 Å².